The summed E-state index contributed by atoms with van der Waals surface area (Å²) in [6.45, 7) is 4.33. The summed E-state index contributed by atoms with van der Waals surface area (Å²) in [5.74, 6) is 1.19. The van der Waals surface area contributed by atoms with Crippen LogP contribution in [0.3, 0.4) is 0 Å². The molecule has 1 saturated heterocycles. The van der Waals surface area contributed by atoms with Crippen molar-refractivity contribution < 1.29 is 0 Å². The van der Waals surface area contributed by atoms with Gasteiger partial charge in [0.2, 0.25) is 0 Å². The molecule has 0 bridgehead atoms. The van der Waals surface area contributed by atoms with Crippen molar-refractivity contribution in [3.63, 3.8) is 0 Å². The van der Waals surface area contributed by atoms with E-state index >= 15 is 0 Å². The molecule has 1 heterocycles. The van der Waals surface area contributed by atoms with Crippen LogP contribution in [-0.2, 0) is 0 Å². The van der Waals surface area contributed by atoms with Crippen molar-refractivity contribution in [2.24, 2.45) is 4.99 Å². The lowest BCUT2D eigenvalue weighted by molar-refractivity contribution is 0.479. The lowest BCUT2D eigenvalue weighted by Crippen LogP contribution is -2.23. The Bertz CT molecular complexity index is 417. The molecule has 4 heteroatoms. The molecule has 0 unspecified atom stereocenters. The number of aliphatic imine (C=N–C) groups is 1. The Morgan fingerprint density at radius 3 is 3.00 bits per heavy atom. The molecule has 1 aliphatic rings. The molecule has 0 aromatic heterocycles. The Balaban J connectivity index is 2.25. The van der Waals surface area contributed by atoms with Gasteiger partial charge in [0.05, 0.1) is 10.7 Å². The fourth-order valence-corrected chi connectivity index (χ4v) is 2.37. The van der Waals surface area contributed by atoms with Crippen molar-refractivity contribution in [2.45, 2.75) is 19.8 Å². The van der Waals surface area contributed by atoms with Crippen LogP contribution in [0.15, 0.2) is 27.7 Å². The number of benzene rings is 1. The second kappa shape index (κ2) is 5.19. The Labute approximate surface area is 109 Å². The van der Waals surface area contributed by atoms with E-state index in [2.05, 4.69) is 32.7 Å². The zero-order chi connectivity index (χ0) is 11.5. The topological polar surface area (TPSA) is 15.6 Å². The molecule has 0 N–H and O–H groups in total. The lowest BCUT2D eigenvalue weighted by Gasteiger charge is -2.15. The summed E-state index contributed by atoms with van der Waals surface area (Å²) in [6.07, 6.45) is 2.29. The van der Waals surface area contributed by atoms with E-state index in [0.29, 0.717) is 0 Å². The third-order valence-corrected chi connectivity index (χ3v) is 3.95. The van der Waals surface area contributed by atoms with Gasteiger partial charge in [-0.15, -0.1) is 0 Å². The molecule has 2 rings (SSSR count). The molecule has 0 spiro atoms. The fourth-order valence-electron chi connectivity index (χ4n) is 1.89. The van der Waals surface area contributed by atoms with E-state index in [1.54, 1.807) is 0 Å². The van der Waals surface area contributed by atoms with Crippen LogP contribution in [0.4, 0.5) is 5.69 Å². The molecular weight excluding hydrogens is 288 g/mol. The van der Waals surface area contributed by atoms with E-state index in [4.69, 9.17) is 11.6 Å². The monoisotopic (exact) mass is 300 g/mol. The number of nitrogens with zero attached hydrogens (tertiary/aromatic N) is 2. The Morgan fingerprint density at radius 2 is 2.31 bits per heavy atom. The molecule has 1 fully saturated rings. The van der Waals surface area contributed by atoms with E-state index in [0.717, 1.165) is 34.7 Å². The summed E-state index contributed by atoms with van der Waals surface area (Å²) in [5.41, 5.74) is 0.964. The van der Waals surface area contributed by atoms with E-state index in [9.17, 15) is 0 Å². The van der Waals surface area contributed by atoms with E-state index in [1.165, 1.54) is 12.3 Å². The van der Waals surface area contributed by atoms with Crippen LogP contribution in [0, 0.1) is 0 Å². The molecule has 0 radical (unpaired) electrons. The van der Waals surface area contributed by atoms with Crippen LogP contribution < -0.4 is 0 Å². The summed E-state index contributed by atoms with van der Waals surface area (Å²) >= 11 is 9.36. The maximum atomic E-state index is 5.95. The predicted molar refractivity (Wildman–Crippen MR) is 72.7 cm³/mol. The average molecular weight is 302 g/mol. The number of halogens is 2. The lowest BCUT2D eigenvalue weighted by atomic mass is 10.3. The number of rotatable bonds is 2. The number of amidine groups is 1. The highest BCUT2D eigenvalue weighted by Gasteiger charge is 2.16. The summed E-state index contributed by atoms with van der Waals surface area (Å²) in [5, 5.41) is 0.725. The first-order valence-corrected chi connectivity index (χ1v) is 6.65. The normalized spacial score (nSPS) is 18.4. The van der Waals surface area contributed by atoms with Crippen LogP contribution in [0.2, 0.25) is 5.02 Å². The van der Waals surface area contributed by atoms with Gasteiger partial charge in [0, 0.05) is 24.0 Å². The molecule has 0 amide bonds. The highest BCUT2D eigenvalue weighted by Crippen LogP contribution is 2.28. The predicted octanol–water partition coefficient (Wildman–Crippen LogP) is 4.25. The van der Waals surface area contributed by atoms with E-state index in [1.807, 2.05) is 18.2 Å². The maximum absolute atomic E-state index is 5.95. The van der Waals surface area contributed by atoms with Gasteiger partial charge in [-0.2, -0.15) is 0 Å². The number of likely N-dealkylation sites (tertiary alicyclic amines) is 1. The second-order valence-corrected chi connectivity index (χ2v) is 5.07. The van der Waals surface area contributed by atoms with Crippen molar-refractivity contribution in [3.05, 3.63) is 27.7 Å². The molecule has 16 heavy (non-hydrogen) atoms. The minimum Gasteiger partial charge on any atom is -0.360 e. The van der Waals surface area contributed by atoms with Crippen LogP contribution in [0.25, 0.3) is 0 Å². The molecule has 86 valence electrons. The van der Waals surface area contributed by atoms with Crippen molar-refractivity contribution in [2.75, 3.05) is 13.1 Å². The zero-order valence-corrected chi connectivity index (χ0v) is 11.6. The Hall–Kier alpha value is -0.540. The minimum absolute atomic E-state index is 0.725. The fraction of sp³-hybridized carbons (Fsp3) is 0.417. The molecule has 1 aromatic rings. The Kier molecular flexibility index (Phi) is 3.87. The quantitative estimate of drug-likeness (QED) is 0.797. The SMILES string of the molecule is CCN1CCCC1=Nc1ccc(Cl)c(Br)c1. The van der Waals surface area contributed by atoms with Gasteiger partial charge in [0.25, 0.3) is 0 Å². The summed E-state index contributed by atoms with van der Waals surface area (Å²) in [7, 11) is 0. The first-order valence-electron chi connectivity index (χ1n) is 5.48. The smallest absolute Gasteiger partial charge is 0.105 e. The summed E-state index contributed by atoms with van der Waals surface area (Å²) < 4.78 is 0.900. The van der Waals surface area contributed by atoms with Gasteiger partial charge in [0.1, 0.15) is 5.84 Å². The average Bonchev–Trinajstić information content (AvgIpc) is 2.71. The first-order chi connectivity index (χ1) is 7.70. The van der Waals surface area contributed by atoms with Crippen molar-refractivity contribution >= 4 is 39.1 Å². The van der Waals surface area contributed by atoms with Gasteiger partial charge in [0.15, 0.2) is 0 Å². The number of hydrogen-bond donors (Lipinski definition) is 0. The first kappa shape index (κ1) is 11.9. The van der Waals surface area contributed by atoms with Gasteiger partial charge < -0.3 is 4.90 Å². The molecule has 2 nitrogen and oxygen atoms in total. The second-order valence-electron chi connectivity index (χ2n) is 3.81. The van der Waals surface area contributed by atoms with Gasteiger partial charge in [-0.3, -0.25) is 0 Å². The largest absolute Gasteiger partial charge is 0.360 e. The van der Waals surface area contributed by atoms with Crippen molar-refractivity contribution in [1.29, 1.82) is 0 Å². The van der Waals surface area contributed by atoms with Crippen molar-refractivity contribution in [3.8, 4) is 0 Å². The highest BCUT2D eigenvalue weighted by atomic mass is 79.9. The third-order valence-electron chi connectivity index (χ3n) is 2.74. The number of hydrogen-bond acceptors (Lipinski definition) is 1. The van der Waals surface area contributed by atoms with Gasteiger partial charge in [-0.05, 0) is 47.5 Å². The van der Waals surface area contributed by atoms with Crippen LogP contribution in [0.5, 0.6) is 0 Å². The summed E-state index contributed by atoms with van der Waals surface area (Å²) in [6, 6.07) is 5.78. The molecule has 0 aliphatic carbocycles. The third kappa shape index (κ3) is 2.58. The minimum atomic E-state index is 0.725. The van der Waals surface area contributed by atoms with Crippen LogP contribution >= 0.6 is 27.5 Å². The molecular formula is C12H14BrClN2. The highest BCUT2D eigenvalue weighted by molar-refractivity contribution is 9.10. The summed E-state index contributed by atoms with van der Waals surface area (Å²) in [4.78, 5) is 6.99. The van der Waals surface area contributed by atoms with Crippen LogP contribution in [-0.4, -0.2) is 23.8 Å². The van der Waals surface area contributed by atoms with E-state index < -0.39 is 0 Å². The van der Waals surface area contributed by atoms with Gasteiger partial charge >= 0.3 is 0 Å². The molecule has 1 aliphatic heterocycles. The van der Waals surface area contributed by atoms with Crippen molar-refractivity contribution in [1.82, 2.24) is 4.90 Å². The molecule has 1 aromatic carbocycles. The molecule has 0 saturated carbocycles. The van der Waals surface area contributed by atoms with E-state index in [-0.39, 0.29) is 0 Å². The zero-order valence-electron chi connectivity index (χ0n) is 9.21. The van der Waals surface area contributed by atoms with Gasteiger partial charge in [-0.1, -0.05) is 11.6 Å². The Morgan fingerprint density at radius 1 is 1.50 bits per heavy atom. The molecule has 0 atom stereocenters. The standard InChI is InChI=1S/C12H14BrClN2/c1-2-16-7-3-4-12(16)15-9-5-6-11(14)10(13)8-9/h5-6,8H,2-4,7H2,1H3. The van der Waals surface area contributed by atoms with Crippen LogP contribution in [0.1, 0.15) is 19.8 Å². The maximum Gasteiger partial charge on any atom is 0.105 e. The van der Waals surface area contributed by atoms with Gasteiger partial charge in [-0.25, -0.2) is 4.99 Å².